The molecule has 0 spiro atoms. The number of benzene rings is 2. The van der Waals surface area contributed by atoms with E-state index < -0.39 is 6.10 Å². The van der Waals surface area contributed by atoms with Crippen LogP contribution in [-0.2, 0) is 0 Å². The quantitative estimate of drug-likeness (QED) is 0.886. The normalized spacial score (nSPS) is 11.9. The highest BCUT2D eigenvalue weighted by atomic mass is 16.5. The van der Waals surface area contributed by atoms with Crippen LogP contribution >= 0.6 is 0 Å². The van der Waals surface area contributed by atoms with Crippen LogP contribution < -0.4 is 9.47 Å². The second-order valence-corrected chi connectivity index (χ2v) is 4.14. The van der Waals surface area contributed by atoms with Gasteiger partial charge in [-0.15, -0.1) is 0 Å². The molecule has 0 aliphatic carbocycles. The smallest absolute Gasteiger partial charge is 0.122 e. The van der Waals surface area contributed by atoms with Crippen LogP contribution in [0.15, 0.2) is 42.5 Å². The van der Waals surface area contributed by atoms with Gasteiger partial charge in [0.15, 0.2) is 0 Å². The maximum Gasteiger partial charge on any atom is 0.122 e. The van der Waals surface area contributed by atoms with E-state index in [0.717, 1.165) is 0 Å². The maximum absolute atomic E-state index is 10.3. The third-order valence-corrected chi connectivity index (χ3v) is 2.90. The van der Waals surface area contributed by atoms with Crippen LogP contribution in [0.2, 0.25) is 0 Å². The summed E-state index contributed by atoms with van der Waals surface area (Å²) < 4.78 is 10.3. The topological polar surface area (TPSA) is 58.9 Å². The van der Waals surface area contributed by atoms with Crippen molar-refractivity contribution in [3.05, 3.63) is 53.6 Å². The molecule has 0 saturated carbocycles. The molecule has 0 saturated heterocycles. The molecular weight excluding hydrogens is 244 g/mol. The van der Waals surface area contributed by atoms with E-state index in [1.807, 2.05) is 0 Å². The lowest BCUT2D eigenvalue weighted by atomic mass is 10.0. The lowest BCUT2D eigenvalue weighted by molar-refractivity contribution is 0.219. The van der Waals surface area contributed by atoms with Gasteiger partial charge in [0.2, 0.25) is 0 Å². The first-order valence-electron chi connectivity index (χ1n) is 5.84. The molecule has 0 heterocycles. The molecule has 2 rings (SSSR count). The molecule has 2 N–H and O–H groups in total. The minimum Gasteiger partial charge on any atom is -0.508 e. The van der Waals surface area contributed by atoms with Crippen LogP contribution in [0.5, 0.6) is 17.2 Å². The van der Waals surface area contributed by atoms with Crippen molar-refractivity contribution in [2.45, 2.75) is 6.10 Å². The molecule has 19 heavy (non-hydrogen) atoms. The molecule has 0 fully saturated rings. The summed E-state index contributed by atoms with van der Waals surface area (Å²) in [5.74, 6) is 1.40. The Morgan fingerprint density at radius 1 is 0.842 bits per heavy atom. The largest absolute Gasteiger partial charge is 0.508 e. The summed E-state index contributed by atoms with van der Waals surface area (Å²) in [6, 6.07) is 11.7. The average Bonchev–Trinajstić information content (AvgIpc) is 2.46. The number of aliphatic hydroxyl groups is 1. The number of ether oxygens (including phenoxy) is 2. The van der Waals surface area contributed by atoms with Gasteiger partial charge in [-0.05, 0) is 35.4 Å². The fourth-order valence-corrected chi connectivity index (χ4v) is 1.84. The van der Waals surface area contributed by atoms with Crippen molar-refractivity contribution in [3.63, 3.8) is 0 Å². The molecule has 1 atom stereocenters. The first-order valence-corrected chi connectivity index (χ1v) is 5.84. The Morgan fingerprint density at radius 2 is 1.37 bits per heavy atom. The molecule has 4 heteroatoms. The lowest BCUT2D eigenvalue weighted by Crippen LogP contribution is -2.00. The molecular formula is C15H16O4. The number of hydrogen-bond donors (Lipinski definition) is 2. The van der Waals surface area contributed by atoms with Gasteiger partial charge in [0.05, 0.1) is 14.2 Å². The first-order chi connectivity index (χ1) is 9.13. The van der Waals surface area contributed by atoms with Crippen molar-refractivity contribution in [1.29, 1.82) is 0 Å². The predicted molar refractivity (Wildman–Crippen MR) is 71.7 cm³/mol. The molecule has 0 radical (unpaired) electrons. The Morgan fingerprint density at radius 3 is 1.84 bits per heavy atom. The van der Waals surface area contributed by atoms with Crippen LogP contribution in [-0.4, -0.2) is 24.4 Å². The molecule has 0 bridgehead atoms. The monoisotopic (exact) mass is 260 g/mol. The SMILES string of the molecule is COc1cc(OC)cc(C(O)c2ccc(O)cc2)c1. The highest BCUT2D eigenvalue weighted by molar-refractivity contribution is 5.42. The molecule has 0 aliphatic heterocycles. The van der Waals surface area contributed by atoms with Gasteiger partial charge in [-0.2, -0.15) is 0 Å². The Balaban J connectivity index is 2.37. The zero-order valence-corrected chi connectivity index (χ0v) is 10.8. The number of phenols is 1. The van der Waals surface area contributed by atoms with Crippen molar-refractivity contribution >= 4 is 0 Å². The summed E-state index contributed by atoms with van der Waals surface area (Å²) in [5.41, 5.74) is 1.36. The van der Waals surface area contributed by atoms with Gasteiger partial charge in [0.25, 0.3) is 0 Å². The van der Waals surface area contributed by atoms with Crippen LogP contribution in [0.25, 0.3) is 0 Å². The second-order valence-electron chi connectivity index (χ2n) is 4.14. The summed E-state index contributed by atoms with van der Waals surface area (Å²) in [7, 11) is 3.12. The molecule has 0 aromatic heterocycles. The predicted octanol–water partition coefficient (Wildman–Crippen LogP) is 2.49. The van der Waals surface area contributed by atoms with E-state index in [-0.39, 0.29) is 5.75 Å². The fraction of sp³-hybridized carbons (Fsp3) is 0.200. The third-order valence-electron chi connectivity index (χ3n) is 2.90. The average molecular weight is 260 g/mol. The Bertz CT molecular complexity index is 526. The zero-order valence-electron chi connectivity index (χ0n) is 10.8. The summed E-state index contributed by atoms with van der Waals surface area (Å²) >= 11 is 0. The van der Waals surface area contributed by atoms with Gasteiger partial charge in [0.1, 0.15) is 23.4 Å². The van der Waals surface area contributed by atoms with Gasteiger partial charge in [-0.3, -0.25) is 0 Å². The van der Waals surface area contributed by atoms with Crippen LogP contribution in [0.1, 0.15) is 17.2 Å². The molecule has 1 unspecified atom stereocenters. The van der Waals surface area contributed by atoms with Crippen molar-refractivity contribution in [2.24, 2.45) is 0 Å². The summed E-state index contributed by atoms with van der Waals surface area (Å²) in [6.45, 7) is 0. The minimum absolute atomic E-state index is 0.166. The number of phenolic OH excluding ortho intramolecular Hbond substituents is 1. The second kappa shape index (κ2) is 5.63. The van der Waals surface area contributed by atoms with Gasteiger partial charge in [0, 0.05) is 6.07 Å². The molecule has 2 aromatic carbocycles. The lowest BCUT2D eigenvalue weighted by Gasteiger charge is -2.14. The maximum atomic E-state index is 10.3. The standard InChI is InChI=1S/C15H16O4/c1-18-13-7-11(8-14(9-13)19-2)15(17)10-3-5-12(16)6-4-10/h3-9,15-17H,1-2H3. The van der Waals surface area contributed by atoms with Gasteiger partial charge in [-0.1, -0.05) is 12.1 Å². The molecule has 2 aromatic rings. The first kappa shape index (κ1) is 13.2. The Labute approximate surface area is 111 Å². The number of hydrogen-bond acceptors (Lipinski definition) is 4. The van der Waals surface area contributed by atoms with Crippen molar-refractivity contribution in [1.82, 2.24) is 0 Å². The van der Waals surface area contributed by atoms with E-state index in [4.69, 9.17) is 9.47 Å². The minimum atomic E-state index is -0.801. The molecule has 100 valence electrons. The fourth-order valence-electron chi connectivity index (χ4n) is 1.84. The van der Waals surface area contributed by atoms with E-state index in [9.17, 15) is 10.2 Å². The van der Waals surface area contributed by atoms with E-state index in [0.29, 0.717) is 22.6 Å². The number of aliphatic hydroxyl groups excluding tert-OH is 1. The van der Waals surface area contributed by atoms with Gasteiger partial charge >= 0.3 is 0 Å². The van der Waals surface area contributed by atoms with E-state index >= 15 is 0 Å². The highest BCUT2D eigenvalue weighted by Crippen LogP contribution is 2.30. The summed E-state index contributed by atoms with van der Waals surface area (Å²) in [4.78, 5) is 0. The van der Waals surface area contributed by atoms with E-state index in [1.165, 1.54) is 12.1 Å². The Kier molecular flexibility index (Phi) is 3.92. The van der Waals surface area contributed by atoms with Crippen LogP contribution in [0.4, 0.5) is 0 Å². The number of rotatable bonds is 4. The van der Waals surface area contributed by atoms with Crippen LogP contribution in [0, 0.1) is 0 Å². The van der Waals surface area contributed by atoms with Crippen molar-refractivity contribution < 1.29 is 19.7 Å². The molecule has 0 aliphatic rings. The van der Waals surface area contributed by atoms with Crippen molar-refractivity contribution in [2.75, 3.05) is 14.2 Å². The summed E-state index contributed by atoms with van der Waals surface area (Å²) in [5, 5.41) is 19.6. The van der Waals surface area contributed by atoms with Gasteiger partial charge < -0.3 is 19.7 Å². The Hall–Kier alpha value is -2.20. The van der Waals surface area contributed by atoms with Crippen molar-refractivity contribution in [3.8, 4) is 17.2 Å². The number of aromatic hydroxyl groups is 1. The van der Waals surface area contributed by atoms with Gasteiger partial charge in [-0.25, -0.2) is 0 Å². The highest BCUT2D eigenvalue weighted by Gasteiger charge is 2.13. The summed E-state index contributed by atoms with van der Waals surface area (Å²) in [6.07, 6.45) is -0.801. The van der Waals surface area contributed by atoms with E-state index in [1.54, 1.807) is 44.6 Å². The third kappa shape index (κ3) is 2.98. The number of methoxy groups -OCH3 is 2. The molecule has 0 amide bonds. The molecule has 4 nitrogen and oxygen atoms in total. The van der Waals surface area contributed by atoms with Crippen LogP contribution in [0.3, 0.4) is 0 Å². The zero-order chi connectivity index (χ0) is 13.8. The van der Waals surface area contributed by atoms with E-state index in [2.05, 4.69) is 0 Å².